The Morgan fingerprint density at radius 3 is 3.17 bits per heavy atom. The number of carbonyl (C=O) groups is 1. The smallest absolute Gasteiger partial charge is 0.251 e. The zero-order valence-electron chi connectivity index (χ0n) is 7.16. The predicted molar refractivity (Wildman–Crippen MR) is 45.2 cm³/mol. The van der Waals surface area contributed by atoms with E-state index < -0.39 is 0 Å². The van der Waals surface area contributed by atoms with Gasteiger partial charge >= 0.3 is 0 Å². The molecule has 0 saturated carbocycles. The highest BCUT2D eigenvalue weighted by molar-refractivity contribution is 5.84. The van der Waals surface area contributed by atoms with Gasteiger partial charge in [-0.05, 0) is 13.8 Å². The highest BCUT2D eigenvalue weighted by Gasteiger charge is 2.30. The summed E-state index contributed by atoms with van der Waals surface area (Å²) in [5, 5.41) is 7.13. The van der Waals surface area contributed by atoms with Crippen LogP contribution in [0.5, 0.6) is 0 Å². The molecule has 0 bridgehead atoms. The summed E-state index contributed by atoms with van der Waals surface area (Å²) in [6.45, 7) is 4.00. The van der Waals surface area contributed by atoms with Crippen molar-refractivity contribution in [3.05, 3.63) is 12.3 Å². The summed E-state index contributed by atoms with van der Waals surface area (Å²) in [6.07, 6.45) is 2.11. The topological polar surface area (TPSA) is 46.9 Å². The number of hydrogen-bond acceptors (Lipinski definition) is 3. The summed E-state index contributed by atoms with van der Waals surface area (Å²) in [4.78, 5) is 11.4. The van der Waals surface area contributed by atoms with Gasteiger partial charge in [-0.1, -0.05) is 0 Å². The third kappa shape index (κ3) is 0.995. The Bertz CT molecular complexity index is 327. The van der Waals surface area contributed by atoms with Gasteiger partial charge < -0.3 is 5.32 Å². The van der Waals surface area contributed by atoms with Crippen LogP contribution < -0.4 is 5.32 Å². The first-order chi connectivity index (χ1) is 5.58. The molecular weight excluding hydrogens is 154 g/mol. The van der Waals surface area contributed by atoms with Crippen molar-refractivity contribution >= 4 is 11.7 Å². The lowest BCUT2D eigenvalue weighted by atomic mass is 9.99. The zero-order chi connectivity index (χ0) is 8.77. The minimum absolute atomic E-state index is 0.0544. The number of hydrogen-bond donors (Lipinski definition) is 1. The van der Waals surface area contributed by atoms with Crippen LogP contribution in [0.1, 0.15) is 25.1 Å². The van der Waals surface area contributed by atoms with Gasteiger partial charge in [0.15, 0.2) is 0 Å². The average molecular weight is 165 g/mol. The first-order valence-corrected chi connectivity index (χ1v) is 3.94. The van der Waals surface area contributed by atoms with Gasteiger partial charge in [0.2, 0.25) is 0 Å². The number of fused-ring (bicyclic) bond motifs is 1. The Kier molecular flexibility index (Phi) is 1.28. The summed E-state index contributed by atoms with van der Waals surface area (Å²) in [5.74, 6) is 0.843. The van der Waals surface area contributed by atoms with E-state index in [1.807, 2.05) is 13.8 Å². The third-order valence-corrected chi connectivity index (χ3v) is 1.94. The molecule has 64 valence electrons. The van der Waals surface area contributed by atoms with Gasteiger partial charge in [0.1, 0.15) is 5.82 Å². The van der Waals surface area contributed by atoms with Crippen LogP contribution in [-0.2, 0) is 0 Å². The molecule has 1 N–H and O–H groups in total. The third-order valence-electron chi connectivity index (χ3n) is 1.94. The van der Waals surface area contributed by atoms with Gasteiger partial charge in [0.05, 0.1) is 12.6 Å². The summed E-state index contributed by atoms with van der Waals surface area (Å²) in [6, 6.07) is 1.80. The second-order valence-corrected chi connectivity index (χ2v) is 3.71. The van der Waals surface area contributed by atoms with Gasteiger partial charge in [-0.25, -0.2) is 0 Å². The normalized spacial score (nSPS) is 20.0. The van der Waals surface area contributed by atoms with E-state index in [1.54, 1.807) is 12.3 Å². The van der Waals surface area contributed by atoms with E-state index in [9.17, 15) is 4.79 Å². The largest absolute Gasteiger partial charge is 0.364 e. The second-order valence-electron chi connectivity index (χ2n) is 3.71. The highest BCUT2D eigenvalue weighted by atomic mass is 16.2. The molecule has 1 aliphatic rings. The monoisotopic (exact) mass is 165 g/mol. The minimum Gasteiger partial charge on any atom is -0.364 e. The quantitative estimate of drug-likeness (QED) is 0.626. The number of rotatable bonds is 0. The molecule has 0 fully saturated rings. The number of aromatic nitrogens is 2. The molecule has 0 spiro atoms. The fourth-order valence-corrected chi connectivity index (χ4v) is 1.44. The summed E-state index contributed by atoms with van der Waals surface area (Å²) in [5.41, 5.74) is -0.146. The van der Waals surface area contributed by atoms with Crippen LogP contribution in [0, 0.1) is 0 Å². The molecule has 12 heavy (non-hydrogen) atoms. The summed E-state index contributed by atoms with van der Waals surface area (Å²) in [7, 11) is 0. The Balaban J connectivity index is 2.45. The number of anilines is 1. The lowest BCUT2D eigenvalue weighted by molar-refractivity contribution is 0.0855. The average Bonchev–Trinajstić information content (AvgIpc) is 2.31. The van der Waals surface area contributed by atoms with E-state index in [1.165, 1.54) is 4.68 Å². The molecule has 2 heterocycles. The van der Waals surface area contributed by atoms with Crippen molar-refractivity contribution in [2.45, 2.75) is 25.8 Å². The lowest BCUT2D eigenvalue weighted by Gasteiger charge is -2.30. The van der Waals surface area contributed by atoms with Crippen molar-refractivity contribution in [1.82, 2.24) is 9.78 Å². The molecule has 0 radical (unpaired) electrons. The van der Waals surface area contributed by atoms with Gasteiger partial charge in [-0.15, -0.1) is 0 Å². The van der Waals surface area contributed by atoms with Gasteiger partial charge in [-0.3, -0.25) is 4.79 Å². The minimum atomic E-state index is -0.146. The first-order valence-electron chi connectivity index (χ1n) is 3.94. The number of carbonyl (C=O) groups excluding carboxylic acids is 1. The maximum Gasteiger partial charge on any atom is 0.251 e. The maximum atomic E-state index is 11.4. The van der Waals surface area contributed by atoms with Crippen molar-refractivity contribution in [1.29, 1.82) is 0 Å². The zero-order valence-corrected chi connectivity index (χ0v) is 7.16. The molecule has 2 rings (SSSR count). The highest BCUT2D eigenvalue weighted by Crippen LogP contribution is 2.23. The fourth-order valence-electron chi connectivity index (χ4n) is 1.44. The standard InChI is InChI=1S/C8H11N3O/c1-8(2)5-7(12)11-6(10-8)3-4-9-11/h3-4,10H,5H2,1-2H3. The Hall–Kier alpha value is -1.32. The molecule has 0 aliphatic carbocycles. The molecule has 1 aromatic heterocycles. The summed E-state index contributed by atoms with van der Waals surface area (Å²) >= 11 is 0. The van der Waals surface area contributed by atoms with Gasteiger partial charge in [0.25, 0.3) is 5.91 Å². The summed E-state index contributed by atoms with van der Waals surface area (Å²) < 4.78 is 1.41. The molecule has 0 amide bonds. The van der Waals surface area contributed by atoms with Crippen LogP contribution in [0.15, 0.2) is 12.3 Å². The van der Waals surface area contributed by atoms with Crippen LogP contribution in [0.4, 0.5) is 5.82 Å². The Morgan fingerprint density at radius 2 is 2.42 bits per heavy atom. The number of nitrogens with zero attached hydrogens (tertiary/aromatic N) is 2. The molecule has 0 aromatic carbocycles. The van der Waals surface area contributed by atoms with Crippen molar-refractivity contribution < 1.29 is 4.79 Å². The van der Waals surface area contributed by atoms with Crippen LogP contribution in [0.2, 0.25) is 0 Å². The molecule has 0 atom stereocenters. The molecule has 4 nitrogen and oxygen atoms in total. The lowest BCUT2D eigenvalue weighted by Crippen LogP contribution is -2.41. The van der Waals surface area contributed by atoms with Crippen LogP contribution in [-0.4, -0.2) is 21.2 Å². The number of nitrogens with one attached hydrogen (secondary N) is 1. The van der Waals surface area contributed by atoms with Crippen molar-refractivity contribution in [3.63, 3.8) is 0 Å². The first kappa shape index (κ1) is 7.34. The molecule has 0 unspecified atom stereocenters. The SMILES string of the molecule is CC1(C)CC(=O)n2nccc2N1. The predicted octanol–water partition coefficient (Wildman–Crippen LogP) is 1.12. The molecule has 1 aliphatic heterocycles. The van der Waals surface area contributed by atoms with Crippen molar-refractivity contribution in [3.8, 4) is 0 Å². The molecule has 1 aromatic rings. The van der Waals surface area contributed by atoms with E-state index in [0.29, 0.717) is 6.42 Å². The van der Waals surface area contributed by atoms with E-state index in [0.717, 1.165) is 5.82 Å². The van der Waals surface area contributed by atoms with Crippen molar-refractivity contribution in [2.75, 3.05) is 5.32 Å². The maximum absolute atomic E-state index is 11.4. The van der Waals surface area contributed by atoms with E-state index in [-0.39, 0.29) is 11.4 Å². The van der Waals surface area contributed by atoms with E-state index >= 15 is 0 Å². The van der Waals surface area contributed by atoms with E-state index in [4.69, 9.17) is 0 Å². The molecular formula is C8H11N3O. The van der Waals surface area contributed by atoms with Gasteiger partial charge in [0, 0.05) is 11.6 Å². The van der Waals surface area contributed by atoms with Crippen LogP contribution in [0.3, 0.4) is 0 Å². The molecule has 4 heteroatoms. The van der Waals surface area contributed by atoms with Crippen molar-refractivity contribution in [2.24, 2.45) is 0 Å². The van der Waals surface area contributed by atoms with Gasteiger partial charge in [-0.2, -0.15) is 9.78 Å². The van der Waals surface area contributed by atoms with Crippen LogP contribution in [0.25, 0.3) is 0 Å². The Morgan fingerprint density at radius 1 is 1.67 bits per heavy atom. The molecule has 0 saturated heterocycles. The van der Waals surface area contributed by atoms with E-state index in [2.05, 4.69) is 10.4 Å². The fraction of sp³-hybridized carbons (Fsp3) is 0.500. The Labute approximate surface area is 70.6 Å². The van der Waals surface area contributed by atoms with Crippen LogP contribution >= 0.6 is 0 Å². The second kappa shape index (κ2) is 2.09.